The van der Waals surface area contributed by atoms with E-state index in [0.29, 0.717) is 18.0 Å². The highest BCUT2D eigenvalue weighted by Gasteiger charge is 2.30. The van der Waals surface area contributed by atoms with Crippen molar-refractivity contribution in [3.05, 3.63) is 16.1 Å². The lowest BCUT2D eigenvalue weighted by molar-refractivity contribution is 0.0728. The fourth-order valence-corrected chi connectivity index (χ4v) is 4.23. The van der Waals surface area contributed by atoms with Crippen molar-refractivity contribution >= 4 is 22.9 Å². The van der Waals surface area contributed by atoms with Gasteiger partial charge >= 0.3 is 0 Å². The van der Waals surface area contributed by atoms with Crippen LogP contribution in [0.2, 0.25) is 0 Å². The molecule has 2 heterocycles. The van der Waals surface area contributed by atoms with Crippen LogP contribution in [0.25, 0.3) is 0 Å². The Labute approximate surface area is 124 Å². The van der Waals surface area contributed by atoms with E-state index in [1.807, 2.05) is 0 Å². The molecule has 0 aromatic carbocycles. The van der Waals surface area contributed by atoms with Crippen molar-refractivity contribution in [3.63, 3.8) is 0 Å². The van der Waals surface area contributed by atoms with Gasteiger partial charge in [-0.25, -0.2) is 4.98 Å². The third kappa shape index (κ3) is 3.69. The van der Waals surface area contributed by atoms with Gasteiger partial charge in [-0.2, -0.15) is 0 Å². The fourth-order valence-electron chi connectivity index (χ4n) is 2.98. The molecular formula is C14H23ClN2OS. The van der Waals surface area contributed by atoms with Gasteiger partial charge in [-0.15, -0.1) is 22.9 Å². The average Bonchev–Trinajstić information content (AvgIpc) is 2.91. The molecule has 2 unspecified atom stereocenters. The van der Waals surface area contributed by atoms with Crippen molar-refractivity contribution in [2.24, 2.45) is 0 Å². The standard InChI is InChI=1S/C14H23ClN2OS/c1-2-13(14-16-11(9-15)10-19-14)17-7-4-3-5-12(17)6-8-18/h10,12-13,18H,2-9H2,1H3. The Bertz CT molecular complexity index is 383. The molecule has 108 valence electrons. The zero-order valence-electron chi connectivity index (χ0n) is 11.5. The first-order valence-electron chi connectivity index (χ1n) is 7.17. The predicted molar refractivity (Wildman–Crippen MR) is 80.8 cm³/mol. The molecule has 5 heteroatoms. The Hall–Kier alpha value is -0.160. The first-order valence-corrected chi connectivity index (χ1v) is 8.58. The molecule has 1 aliphatic rings. The number of hydrogen-bond donors (Lipinski definition) is 1. The highest BCUT2D eigenvalue weighted by Crippen LogP contribution is 2.33. The molecule has 3 nitrogen and oxygen atoms in total. The van der Waals surface area contributed by atoms with Crippen LogP contribution < -0.4 is 0 Å². The van der Waals surface area contributed by atoms with Crippen LogP contribution in [0.3, 0.4) is 0 Å². The minimum Gasteiger partial charge on any atom is -0.396 e. The lowest BCUT2D eigenvalue weighted by Crippen LogP contribution is -2.42. The maximum absolute atomic E-state index is 9.25. The van der Waals surface area contributed by atoms with E-state index in [1.54, 1.807) is 11.3 Å². The molecule has 1 saturated heterocycles. The highest BCUT2D eigenvalue weighted by atomic mass is 35.5. The maximum atomic E-state index is 9.25. The summed E-state index contributed by atoms with van der Waals surface area (Å²) in [5.74, 6) is 0.493. The number of aliphatic hydroxyl groups is 1. The molecule has 0 bridgehead atoms. The molecule has 19 heavy (non-hydrogen) atoms. The SMILES string of the molecule is CCC(c1nc(CCl)cs1)N1CCCCC1CCO. The minimum atomic E-state index is 0.280. The normalized spacial score (nSPS) is 22.6. The van der Waals surface area contributed by atoms with Crippen LogP contribution in [0.1, 0.15) is 55.8 Å². The lowest BCUT2D eigenvalue weighted by Gasteiger charge is -2.40. The van der Waals surface area contributed by atoms with Gasteiger partial charge in [0.25, 0.3) is 0 Å². The number of aromatic nitrogens is 1. The van der Waals surface area contributed by atoms with Crippen LogP contribution in [0, 0.1) is 0 Å². The summed E-state index contributed by atoms with van der Waals surface area (Å²) in [6, 6.07) is 0.894. The Morgan fingerprint density at radius 3 is 3.05 bits per heavy atom. The van der Waals surface area contributed by atoms with Gasteiger partial charge in [-0.3, -0.25) is 4.90 Å². The van der Waals surface area contributed by atoms with E-state index >= 15 is 0 Å². The van der Waals surface area contributed by atoms with Gasteiger partial charge < -0.3 is 5.11 Å². The Kier molecular flexibility index (Phi) is 6.07. The zero-order valence-corrected chi connectivity index (χ0v) is 13.1. The largest absolute Gasteiger partial charge is 0.396 e. The molecule has 1 aromatic rings. The first kappa shape index (κ1) is 15.2. The van der Waals surface area contributed by atoms with Crippen LogP contribution in [-0.2, 0) is 5.88 Å². The molecule has 0 spiro atoms. The van der Waals surface area contributed by atoms with Crippen molar-refractivity contribution in [2.75, 3.05) is 13.2 Å². The number of likely N-dealkylation sites (tertiary alicyclic amines) is 1. The molecule has 1 fully saturated rings. The van der Waals surface area contributed by atoms with Crippen LogP contribution in [0.15, 0.2) is 5.38 Å². The van der Waals surface area contributed by atoms with Crippen LogP contribution in [-0.4, -0.2) is 34.2 Å². The second kappa shape index (κ2) is 7.58. The van der Waals surface area contributed by atoms with Crippen LogP contribution in [0.5, 0.6) is 0 Å². The second-order valence-electron chi connectivity index (χ2n) is 5.13. The van der Waals surface area contributed by atoms with E-state index in [4.69, 9.17) is 11.6 Å². The first-order chi connectivity index (χ1) is 9.30. The predicted octanol–water partition coefficient (Wildman–Crippen LogP) is 3.57. The summed E-state index contributed by atoms with van der Waals surface area (Å²) in [4.78, 5) is 7.20. The maximum Gasteiger partial charge on any atom is 0.110 e. The Balaban J connectivity index is 2.14. The summed E-state index contributed by atoms with van der Waals surface area (Å²) in [5.41, 5.74) is 0.982. The molecular weight excluding hydrogens is 280 g/mol. The number of thiazole rings is 1. The highest BCUT2D eigenvalue weighted by molar-refractivity contribution is 7.09. The van der Waals surface area contributed by atoms with Gasteiger partial charge in [0, 0.05) is 18.0 Å². The molecule has 1 aliphatic heterocycles. The Morgan fingerprint density at radius 2 is 2.42 bits per heavy atom. The van der Waals surface area contributed by atoms with Gasteiger partial charge in [-0.1, -0.05) is 13.3 Å². The number of rotatable bonds is 6. The monoisotopic (exact) mass is 302 g/mol. The Morgan fingerprint density at radius 1 is 1.58 bits per heavy atom. The van der Waals surface area contributed by atoms with Crippen molar-refractivity contribution in [1.82, 2.24) is 9.88 Å². The molecule has 2 rings (SSSR count). The average molecular weight is 303 g/mol. The second-order valence-corrected chi connectivity index (χ2v) is 6.29. The fraction of sp³-hybridized carbons (Fsp3) is 0.786. The third-order valence-corrected chi connectivity index (χ3v) is 5.18. The van der Waals surface area contributed by atoms with Gasteiger partial charge in [0.15, 0.2) is 0 Å². The quantitative estimate of drug-likeness (QED) is 0.816. The van der Waals surface area contributed by atoms with E-state index in [-0.39, 0.29) is 6.61 Å². The number of halogens is 1. The lowest BCUT2D eigenvalue weighted by atomic mass is 9.96. The third-order valence-electron chi connectivity index (χ3n) is 3.91. The molecule has 0 radical (unpaired) electrons. The van der Waals surface area contributed by atoms with Gasteiger partial charge in [0.2, 0.25) is 0 Å². The van der Waals surface area contributed by atoms with E-state index in [0.717, 1.165) is 25.1 Å². The van der Waals surface area contributed by atoms with Gasteiger partial charge in [0.05, 0.1) is 17.6 Å². The van der Waals surface area contributed by atoms with Gasteiger partial charge in [0.1, 0.15) is 5.01 Å². The summed E-state index contributed by atoms with van der Waals surface area (Å²) in [7, 11) is 0. The summed E-state index contributed by atoms with van der Waals surface area (Å²) in [6.07, 6.45) is 5.68. The van der Waals surface area contributed by atoms with Crippen molar-refractivity contribution < 1.29 is 5.11 Å². The molecule has 1 N–H and O–H groups in total. The summed E-state index contributed by atoms with van der Waals surface area (Å²) in [5, 5.41) is 12.5. The molecule has 0 amide bonds. The van der Waals surface area contributed by atoms with Crippen molar-refractivity contribution in [1.29, 1.82) is 0 Å². The summed E-state index contributed by atoms with van der Waals surface area (Å²) >= 11 is 7.57. The van der Waals surface area contributed by atoms with E-state index in [2.05, 4.69) is 22.2 Å². The number of hydrogen-bond acceptors (Lipinski definition) is 4. The molecule has 1 aromatic heterocycles. The molecule has 2 atom stereocenters. The summed E-state index contributed by atoms with van der Waals surface area (Å²) in [6.45, 7) is 3.62. The number of piperidine rings is 1. The van der Waals surface area contributed by atoms with Gasteiger partial charge in [-0.05, 0) is 32.2 Å². The number of aliphatic hydroxyl groups excluding tert-OH is 1. The van der Waals surface area contributed by atoms with Crippen LogP contribution in [0.4, 0.5) is 0 Å². The van der Waals surface area contributed by atoms with Crippen molar-refractivity contribution in [2.45, 2.75) is 57.0 Å². The van der Waals surface area contributed by atoms with Crippen LogP contribution >= 0.6 is 22.9 Å². The number of alkyl halides is 1. The van der Waals surface area contributed by atoms with Crippen molar-refractivity contribution in [3.8, 4) is 0 Å². The molecule has 0 saturated carbocycles. The zero-order chi connectivity index (χ0) is 13.7. The summed E-state index contributed by atoms with van der Waals surface area (Å²) < 4.78 is 0. The van der Waals surface area contributed by atoms with E-state index in [1.165, 1.54) is 24.3 Å². The van der Waals surface area contributed by atoms with E-state index < -0.39 is 0 Å². The minimum absolute atomic E-state index is 0.280. The number of nitrogens with zero attached hydrogens (tertiary/aromatic N) is 2. The molecule has 0 aliphatic carbocycles. The smallest absolute Gasteiger partial charge is 0.110 e. The topological polar surface area (TPSA) is 36.4 Å². The van der Waals surface area contributed by atoms with E-state index in [9.17, 15) is 5.11 Å².